The maximum absolute atomic E-state index is 4.53. The third kappa shape index (κ3) is 2.35. The first-order valence-corrected chi connectivity index (χ1v) is 6.13. The van der Waals surface area contributed by atoms with Crippen LogP contribution in [0.15, 0.2) is 18.2 Å². The summed E-state index contributed by atoms with van der Waals surface area (Å²) in [6, 6.07) is 6.40. The molecule has 1 aromatic carbocycles. The Bertz CT molecular complexity index is 589. The Morgan fingerprint density at radius 1 is 0.833 bits per heavy atom. The second-order valence-corrected chi connectivity index (χ2v) is 4.69. The lowest BCUT2D eigenvalue weighted by atomic mass is 9.98. The van der Waals surface area contributed by atoms with Crippen molar-refractivity contribution in [3.8, 4) is 11.3 Å². The Morgan fingerprint density at radius 3 is 2.17 bits per heavy atom. The van der Waals surface area contributed by atoms with Crippen molar-refractivity contribution in [2.24, 2.45) is 0 Å². The van der Waals surface area contributed by atoms with Crippen molar-refractivity contribution in [1.82, 2.24) is 9.97 Å². The Kier molecular flexibility index (Phi) is 3.32. The van der Waals surface area contributed by atoms with E-state index >= 15 is 0 Å². The molecular formula is C15H19N3. The molecule has 0 unspecified atom stereocenters. The lowest BCUT2D eigenvalue weighted by molar-refractivity contribution is 1.05. The summed E-state index contributed by atoms with van der Waals surface area (Å²) in [7, 11) is 1.87. The highest BCUT2D eigenvalue weighted by Crippen LogP contribution is 2.26. The molecule has 0 aliphatic heterocycles. The zero-order chi connectivity index (χ0) is 13.3. The van der Waals surface area contributed by atoms with Gasteiger partial charge in [0.2, 0.25) is 0 Å². The van der Waals surface area contributed by atoms with Crippen LogP contribution in [0.3, 0.4) is 0 Å². The Labute approximate surface area is 108 Å². The highest BCUT2D eigenvalue weighted by atomic mass is 15.0. The molecule has 1 N–H and O–H groups in total. The Morgan fingerprint density at radius 2 is 1.50 bits per heavy atom. The van der Waals surface area contributed by atoms with Crippen LogP contribution in [-0.2, 0) is 0 Å². The number of aromatic nitrogens is 2. The minimum atomic E-state index is 0.787. The summed E-state index contributed by atoms with van der Waals surface area (Å²) in [6.45, 7) is 8.31. The highest BCUT2D eigenvalue weighted by molar-refractivity contribution is 5.67. The van der Waals surface area contributed by atoms with Gasteiger partial charge in [0, 0.05) is 18.7 Å². The maximum atomic E-state index is 4.53. The average Bonchev–Trinajstić information content (AvgIpc) is 2.33. The highest BCUT2D eigenvalue weighted by Gasteiger charge is 2.08. The van der Waals surface area contributed by atoms with Crippen LogP contribution in [0.5, 0.6) is 0 Å². The number of hydrogen-bond donors (Lipinski definition) is 1. The number of nitrogens with one attached hydrogen (secondary N) is 1. The summed E-state index contributed by atoms with van der Waals surface area (Å²) in [5.74, 6) is 1.64. The van der Waals surface area contributed by atoms with Crippen molar-refractivity contribution in [3.63, 3.8) is 0 Å². The van der Waals surface area contributed by atoms with Gasteiger partial charge in [0.05, 0.1) is 5.69 Å². The van der Waals surface area contributed by atoms with Gasteiger partial charge in [0.15, 0.2) is 0 Å². The first-order valence-electron chi connectivity index (χ1n) is 6.13. The molecule has 3 nitrogen and oxygen atoms in total. The van der Waals surface area contributed by atoms with Crippen molar-refractivity contribution >= 4 is 5.82 Å². The Balaban J connectivity index is 2.61. The molecule has 0 radical (unpaired) electrons. The van der Waals surface area contributed by atoms with E-state index in [1.165, 1.54) is 22.3 Å². The molecule has 0 fully saturated rings. The average molecular weight is 241 g/mol. The number of nitrogens with zero attached hydrogens (tertiary/aromatic N) is 2. The summed E-state index contributed by atoms with van der Waals surface area (Å²) < 4.78 is 0. The molecule has 0 saturated carbocycles. The fourth-order valence-corrected chi connectivity index (χ4v) is 2.07. The zero-order valence-electron chi connectivity index (χ0n) is 11.6. The van der Waals surface area contributed by atoms with Gasteiger partial charge in [-0.15, -0.1) is 0 Å². The molecule has 1 aromatic heterocycles. The predicted molar refractivity (Wildman–Crippen MR) is 76.0 cm³/mol. The van der Waals surface area contributed by atoms with Crippen LogP contribution in [0.2, 0.25) is 0 Å². The molecule has 1 heterocycles. The normalized spacial score (nSPS) is 10.5. The first kappa shape index (κ1) is 12.6. The summed E-state index contributed by atoms with van der Waals surface area (Å²) in [6.07, 6.45) is 0. The smallest absolute Gasteiger partial charge is 0.130 e. The van der Waals surface area contributed by atoms with Gasteiger partial charge in [0.25, 0.3) is 0 Å². The number of hydrogen-bond acceptors (Lipinski definition) is 3. The lowest BCUT2D eigenvalue weighted by Gasteiger charge is -2.11. The fourth-order valence-electron chi connectivity index (χ4n) is 2.07. The van der Waals surface area contributed by atoms with Gasteiger partial charge >= 0.3 is 0 Å². The van der Waals surface area contributed by atoms with Gasteiger partial charge in [-0.2, -0.15) is 0 Å². The first-order chi connectivity index (χ1) is 8.51. The molecule has 0 bridgehead atoms. The van der Waals surface area contributed by atoms with E-state index in [1.807, 2.05) is 20.0 Å². The maximum Gasteiger partial charge on any atom is 0.130 e. The molecule has 0 spiro atoms. The standard InChI is InChI=1S/C15H19N3/c1-9-6-11(3)13(7-10(9)2)14-8-15(16-5)18-12(4)17-14/h6-8H,1-5H3,(H,16,17,18). The number of rotatable bonds is 2. The van der Waals surface area contributed by atoms with E-state index in [2.05, 4.69) is 48.2 Å². The molecule has 0 saturated heterocycles. The van der Waals surface area contributed by atoms with E-state index in [9.17, 15) is 0 Å². The van der Waals surface area contributed by atoms with Crippen LogP contribution in [0.1, 0.15) is 22.5 Å². The third-order valence-electron chi connectivity index (χ3n) is 3.21. The molecule has 0 aliphatic carbocycles. The van der Waals surface area contributed by atoms with E-state index in [0.29, 0.717) is 0 Å². The molecule has 94 valence electrons. The summed E-state index contributed by atoms with van der Waals surface area (Å²) in [5.41, 5.74) is 6.01. The van der Waals surface area contributed by atoms with Gasteiger partial charge in [-0.25, -0.2) is 9.97 Å². The van der Waals surface area contributed by atoms with Gasteiger partial charge < -0.3 is 5.32 Å². The predicted octanol–water partition coefficient (Wildman–Crippen LogP) is 3.42. The fraction of sp³-hybridized carbons (Fsp3) is 0.333. The zero-order valence-corrected chi connectivity index (χ0v) is 11.6. The molecule has 0 amide bonds. The molecule has 18 heavy (non-hydrogen) atoms. The van der Waals surface area contributed by atoms with Crippen LogP contribution in [0.4, 0.5) is 5.82 Å². The minimum Gasteiger partial charge on any atom is -0.373 e. The van der Waals surface area contributed by atoms with Gasteiger partial charge in [-0.3, -0.25) is 0 Å². The van der Waals surface area contributed by atoms with Crippen molar-refractivity contribution < 1.29 is 0 Å². The summed E-state index contributed by atoms with van der Waals surface area (Å²) >= 11 is 0. The molecular weight excluding hydrogens is 222 g/mol. The number of benzene rings is 1. The molecule has 0 atom stereocenters. The summed E-state index contributed by atoms with van der Waals surface area (Å²) in [4.78, 5) is 8.86. The Hall–Kier alpha value is -1.90. The van der Waals surface area contributed by atoms with Crippen molar-refractivity contribution in [2.45, 2.75) is 27.7 Å². The van der Waals surface area contributed by atoms with E-state index in [4.69, 9.17) is 0 Å². The van der Waals surface area contributed by atoms with E-state index in [0.717, 1.165) is 17.3 Å². The SMILES string of the molecule is CNc1cc(-c2cc(C)c(C)cc2C)nc(C)n1. The quantitative estimate of drug-likeness (QED) is 0.875. The van der Waals surface area contributed by atoms with E-state index in [1.54, 1.807) is 0 Å². The summed E-state index contributed by atoms with van der Waals surface area (Å²) in [5, 5.41) is 3.07. The van der Waals surface area contributed by atoms with Crippen LogP contribution < -0.4 is 5.32 Å². The van der Waals surface area contributed by atoms with Crippen LogP contribution >= 0.6 is 0 Å². The van der Waals surface area contributed by atoms with Crippen molar-refractivity contribution in [1.29, 1.82) is 0 Å². The third-order valence-corrected chi connectivity index (χ3v) is 3.21. The minimum absolute atomic E-state index is 0.787. The number of anilines is 1. The largest absolute Gasteiger partial charge is 0.373 e. The van der Waals surface area contributed by atoms with Crippen molar-refractivity contribution in [2.75, 3.05) is 12.4 Å². The van der Waals surface area contributed by atoms with Crippen LogP contribution in [-0.4, -0.2) is 17.0 Å². The molecule has 2 rings (SSSR count). The van der Waals surface area contributed by atoms with E-state index < -0.39 is 0 Å². The van der Waals surface area contributed by atoms with Crippen LogP contribution in [0.25, 0.3) is 11.3 Å². The topological polar surface area (TPSA) is 37.8 Å². The van der Waals surface area contributed by atoms with Gasteiger partial charge in [-0.1, -0.05) is 6.07 Å². The number of aryl methyl sites for hydroxylation is 4. The van der Waals surface area contributed by atoms with Gasteiger partial charge in [-0.05, 0) is 50.5 Å². The van der Waals surface area contributed by atoms with Gasteiger partial charge in [0.1, 0.15) is 11.6 Å². The lowest BCUT2D eigenvalue weighted by Crippen LogP contribution is -1.99. The molecule has 0 aliphatic rings. The monoisotopic (exact) mass is 241 g/mol. The molecule has 2 aromatic rings. The van der Waals surface area contributed by atoms with Crippen LogP contribution in [0, 0.1) is 27.7 Å². The second-order valence-electron chi connectivity index (χ2n) is 4.69. The van der Waals surface area contributed by atoms with Crippen molar-refractivity contribution in [3.05, 3.63) is 40.7 Å². The molecule has 3 heteroatoms. The second kappa shape index (κ2) is 4.77. The van der Waals surface area contributed by atoms with E-state index in [-0.39, 0.29) is 0 Å².